The van der Waals surface area contributed by atoms with Crippen LogP contribution >= 0.6 is 0 Å². The molecule has 0 bridgehead atoms. The maximum absolute atomic E-state index is 11.2. The minimum Gasteiger partial charge on any atom is -0.359 e. The quantitative estimate of drug-likeness (QED) is 0.676. The fourth-order valence-electron chi connectivity index (χ4n) is 1.22. The van der Waals surface area contributed by atoms with Crippen LogP contribution in [-0.4, -0.2) is 25.0 Å². The highest BCUT2D eigenvalue weighted by Gasteiger charge is 2.16. The van der Waals surface area contributed by atoms with E-state index in [1.54, 1.807) is 7.05 Å². The maximum atomic E-state index is 11.2. The number of rotatable bonds is 5. The average Bonchev–Trinajstić information content (AvgIpc) is 2.02. The molecular weight excluding hydrogens is 164 g/mol. The van der Waals surface area contributed by atoms with Crippen molar-refractivity contribution in [1.29, 1.82) is 0 Å². The Hall–Kier alpha value is -0.570. The molecule has 0 spiro atoms. The van der Waals surface area contributed by atoms with Crippen LogP contribution in [0.2, 0.25) is 0 Å². The van der Waals surface area contributed by atoms with E-state index >= 15 is 0 Å². The van der Waals surface area contributed by atoms with Crippen LogP contribution in [-0.2, 0) is 4.79 Å². The molecule has 1 amide bonds. The van der Waals surface area contributed by atoms with Gasteiger partial charge >= 0.3 is 0 Å². The molecular formula is C10H22N2O. The van der Waals surface area contributed by atoms with Crippen molar-refractivity contribution >= 4 is 5.91 Å². The molecule has 3 heteroatoms. The third-order valence-corrected chi connectivity index (χ3v) is 2.04. The summed E-state index contributed by atoms with van der Waals surface area (Å²) < 4.78 is 0. The summed E-state index contributed by atoms with van der Waals surface area (Å²) in [6.07, 6.45) is 0.562. The van der Waals surface area contributed by atoms with E-state index in [4.69, 9.17) is 0 Å². The second-order valence-electron chi connectivity index (χ2n) is 4.05. The van der Waals surface area contributed by atoms with Gasteiger partial charge in [0.1, 0.15) is 0 Å². The molecule has 0 heterocycles. The molecule has 78 valence electrons. The summed E-state index contributed by atoms with van der Waals surface area (Å²) in [4.78, 5) is 11.2. The Morgan fingerprint density at radius 1 is 1.23 bits per heavy atom. The SMILES string of the molecule is CNC(=O)CC(NC(C)C)C(C)C. The molecule has 13 heavy (non-hydrogen) atoms. The number of hydrogen-bond acceptors (Lipinski definition) is 2. The van der Waals surface area contributed by atoms with Gasteiger partial charge in [-0.1, -0.05) is 27.7 Å². The lowest BCUT2D eigenvalue weighted by Crippen LogP contribution is -2.41. The van der Waals surface area contributed by atoms with Gasteiger partial charge in [-0.25, -0.2) is 0 Å². The van der Waals surface area contributed by atoms with Crippen LogP contribution in [0.25, 0.3) is 0 Å². The Bertz CT molecular complexity index is 155. The van der Waals surface area contributed by atoms with Gasteiger partial charge in [0.05, 0.1) is 0 Å². The van der Waals surface area contributed by atoms with Gasteiger partial charge in [0.25, 0.3) is 0 Å². The Labute approximate surface area is 81.3 Å². The second kappa shape index (κ2) is 5.97. The van der Waals surface area contributed by atoms with Crippen LogP contribution in [0.5, 0.6) is 0 Å². The highest BCUT2D eigenvalue weighted by Crippen LogP contribution is 2.06. The Kier molecular flexibility index (Phi) is 5.71. The first-order valence-electron chi connectivity index (χ1n) is 4.94. The van der Waals surface area contributed by atoms with E-state index in [-0.39, 0.29) is 11.9 Å². The molecule has 1 unspecified atom stereocenters. The van der Waals surface area contributed by atoms with Crippen LogP contribution < -0.4 is 10.6 Å². The number of nitrogens with one attached hydrogen (secondary N) is 2. The van der Waals surface area contributed by atoms with Crippen molar-refractivity contribution in [2.24, 2.45) is 5.92 Å². The van der Waals surface area contributed by atoms with Crippen molar-refractivity contribution in [2.45, 2.75) is 46.2 Å². The average molecular weight is 186 g/mol. The van der Waals surface area contributed by atoms with Gasteiger partial charge in [-0.3, -0.25) is 4.79 Å². The topological polar surface area (TPSA) is 41.1 Å². The summed E-state index contributed by atoms with van der Waals surface area (Å²) in [6.45, 7) is 8.45. The highest BCUT2D eigenvalue weighted by atomic mass is 16.1. The molecule has 0 aliphatic carbocycles. The molecule has 0 aliphatic heterocycles. The zero-order valence-corrected chi connectivity index (χ0v) is 9.35. The monoisotopic (exact) mass is 186 g/mol. The van der Waals surface area contributed by atoms with E-state index in [9.17, 15) is 4.79 Å². The van der Waals surface area contributed by atoms with E-state index in [0.29, 0.717) is 18.4 Å². The van der Waals surface area contributed by atoms with Crippen molar-refractivity contribution in [2.75, 3.05) is 7.05 Å². The van der Waals surface area contributed by atoms with Crippen LogP contribution in [0, 0.1) is 5.92 Å². The summed E-state index contributed by atoms with van der Waals surface area (Å²) in [7, 11) is 1.68. The number of amides is 1. The van der Waals surface area contributed by atoms with Crippen molar-refractivity contribution in [3.63, 3.8) is 0 Å². The third kappa shape index (κ3) is 5.64. The summed E-state index contributed by atoms with van der Waals surface area (Å²) in [5.74, 6) is 0.589. The standard InChI is InChI=1S/C10H22N2O/c1-7(2)9(12-8(3)4)6-10(13)11-5/h7-9,12H,6H2,1-5H3,(H,11,13). The lowest BCUT2D eigenvalue weighted by atomic mass is 10.00. The molecule has 2 N–H and O–H groups in total. The van der Waals surface area contributed by atoms with Gasteiger partial charge in [-0.05, 0) is 5.92 Å². The van der Waals surface area contributed by atoms with Gasteiger partial charge in [-0.15, -0.1) is 0 Å². The normalized spacial score (nSPS) is 13.5. The van der Waals surface area contributed by atoms with Crippen LogP contribution in [0.1, 0.15) is 34.1 Å². The smallest absolute Gasteiger partial charge is 0.221 e. The van der Waals surface area contributed by atoms with Gasteiger partial charge in [0.15, 0.2) is 0 Å². The van der Waals surface area contributed by atoms with E-state index in [1.165, 1.54) is 0 Å². The Morgan fingerprint density at radius 2 is 1.77 bits per heavy atom. The molecule has 1 atom stereocenters. The Balaban J connectivity index is 4.02. The molecule has 0 saturated heterocycles. The summed E-state index contributed by atoms with van der Waals surface area (Å²) in [5, 5.41) is 6.03. The lowest BCUT2D eigenvalue weighted by Gasteiger charge is -2.23. The first-order valence-corrected chi connectivity index (χ1v) is 4.94. The highest BCUT2D eigenvalue weighted by molar-refractivity contribution is 5.76. The molecule has 0 radical (unpaired) electrons. The van der Waals surface area contributed by atoms with Crippen molar-refractivity contribution < 1.29 is 4.79 Å². The van der Waals surface area contributed by atoms with Crippen molar-refractivity contribution in [3.05, 3.63) is 0 Å². The molecule has 0 aromatic carbocycles. The fourth-order valence-corrected chi connectivity index (χ4v) is 1.22. The first kappa shape index (κ1) is 12.4. The third-order valence-electron chi connectivity index (χ3n) is 2.04. The van der Waals surface area contributed by atoms with E-state index in [2.05, 4.69) is 38.3 Å². The lowest BCUT2D eigenvalue weighted by molar-refractivity contribution is -0.121. The first-order chi connectivity index (χ1) is 5.97. The number of carbonyl (C=O) groups is 1. The van der Waals surface area contributed by atoms with Crippen LogP contribution in [0.4, 0.5) is 0 Å². The number of carbonyl (C=O) groups excluding carboxylic acids is 1. The molecule has 0 aromatic heterocycles. The number of hydrogen-bond donors (Lipinski definition) is 2. The van der Waals surface area contributed by atoms with Crippen molar-refractivity contribution in [3.8, 4) is 0 Å². The predicted octanol–water partition coefficient (Wildman–Crippen LogP) is 1.15. The predicted molar refractivity (Wildman–Crippen MR) is 55.6 cm³/mol. The zero-order valence-electron chi connectivity index (χ0n) is 9.35. The summed E-state index contributed by atoms with van der Waals surface area (Å²) >= 11 is 0. The molecule has 0 saturated carbocycles. The molecule has 0 aliphatic rings. The summed E-state index contributed by atoms with van der Waals surface area (Å²) in [6, 6.07) is 0.706. The fraction of sp³-hybridized carbons (Fsp3) is 0.900. The minimum atomic E-state index is 0.104. The molecule has 0 aromatic rings. The largest absolute Gasteiger partial charge is 0.359 e. The molecule has 0 rings (SSSR count). The van der Waals surface area contributed by atoms with Crippen LogP contribution in [0.15, 0.2) is 0 Å². The van der Waals surface area contributed by atoms with Gasteiger partial charge in [-0.2, -0.15) is 0 Å². The minimum absolute atomic E-state index is 0.104. The van der Waals surface area contributed by atoms with Gasteiger partial charge < -0.3 is 10.6 Å². The van der Waals surface area contributed by atoms with Gasteiger partial charge in [0.2, 0.25) is 5.91 Å². The van der Waals surface area contributed by atoms with E-state index < -0.39 is 0 Å². The molecule has 3 nitrogen and oxygen atoms in total. The van der Waals surface area contributed by atoms with E-state index in [0.717, 1.165) is 0 Å². The van der Waals surface area contributed by atoms with Crippen LogP contribution in [0.3, 0.4) is 0 Å². The van der Waals surface area contributed by atoms with Crippen molar-refractivity contribution in [1.82, 2.24) is 10.6 Å². The zero-order chi connectivity index (χ0) is 10.4. The van der Waals surface area contributed by atoms with E-state index in [1.807, 2.05) is 0 Å². The molecule has 0 fully saturated rings. The Morgan fingerprint density at radius 3 is 2.08 bits per heavy atom. The second-order valence-corrected chi connectivity index (χ2v) is 4.05. The summed E-state index contributed by atoms with van der Waals surface area (Å²) in [5.41, 5.74) is 0. The van der Waals surface area contributed by atoms with Gasteiger partial charge in [0, 0.05) is 25.6 Å². The maximum Gasteiger partial charge on any atom is 0.221 e.